The van der Waals surface area contributed by atoms with E-state index in [0.29, 0.717) is 18.9 Å². The van der Waals surface area contributed by atoms with Crippen molar-refractivity contribution in [2.24, 2.45) is 17.6 Å². The average Bonchev–Trinajstić information content (AvgIpc) is 2.89. The predicted octanol–water partition coefficient (Wildman–Crippen LogP) is 1.56. The lowest BCUT2D eigenvalue weighted by molar-refractivity contribution is -0.125. The molecule has 1 fully saturated rings. The highest BCUT2D eigenvalue weighted by Crippen LogP contribution is 2.25. The van der Waals surface area contributed by atoms with Crippen LogP contribution in [-0.2, 0) is 9.59 Å². The van der Waals surface area contributed by atoms with Crippen LogP contribution in [0, 0.1) is 11.8 Å². The van der Waals surface area contributed by atoms with E-state index in [1.807, 2.05) is 0 Å². The van der Waals surface area contributed by atoms with Crippen molar-refractivity contribution in [3.63, 3.8) is 0 Å². The summed E-state index contributed by atoms with van der Waals surface area (Å²) >= 11 is 0. The highest BCUT2D eigenvalue weighted by Gasteiger charge is 2.30. The third-order valence-corrected chi connectivity index (χ3v) is 3.96. The minimum absolute atomic E-state index is 0.0614. The van der Waals surface area contributed by atoms with Crippen molar-refractivity contribution >= 4 is 11.8 Å². The van der Waals surface area contributed by atoms with E-state index in [-0.39, 0.29) is 23.8 Å². The number of carbonyl (C=O) groups excluding carboxylic acids is 2. The smallest absolute Gasteiger partial charge is 0.223 e. The number of nitrogens with two attached hydrogens (primary N) is 1. The van der Waals surface area contributed by atoms with Gasteiger partial charge in [-0.1, -0.05) is 20.3 Å². The van der Waals surface area contributed by atoms with Gasteiger partial charge in [-0.05, 0) is 44.6 Å². The van der Waals surface area contributed by atoms with Crippen LogP contribution in [0.25, 0.3) is 0 Å². The molecule has 0 unspecified atom stereocenters. The summed E-state index contributed by atoms with van der Waals surface area (Å²) in [7, 11) is 0. The molecule has 0 radical (unpaired) electrons. The molecule has 5 nitrogen and oxygen atoms in total. The average molecular weight is 297 g/mol. The van der Waals surface area contributed by atoms with Crippen LogP contribution in [0.4, 0.5) is 0 Å². The molecule has 0 bridgehead atoms. The number of hydrogen-bond donors (Lipinski definition) is 3. The van der Waals surface area contributed by atoms with Gasteiger partial charge in [-0.3, -0.25) is 9.59 Å². The fraction of sp³-hybridized carbons (Fsp3) is 0.875. The number of nitrogens with one attached hydrogen (secondary N) is 2. The topological polar surface area (TPSA) is 84.2 Å². The Morgan fingerprint density at radius 2 is 1.95 bits per heavy atom. The molecular formula is C16H31N3O2. The molecule has 0 aromatic heterocycles. The van der Waals surface area contributed by atoms with Crippen molar-refractivity contribution in [3.05, 3.63) is 0 Å². The normalized spacial score (nSPS) is 21.5. The lowest BCUT2D eigenvalue weighted by Crippen LogP contribution is -2.35. The summed E-state index contributed by atoms with van der Waals surface area (Å²) in [4.78, 5) is 23.8. The van der Waals surface area contributed by atoms with E-state index in [4.69, 9.17) is 5.73 Å². The molecule has 1 aliphatic carbocycles. The van der Waals surface area contributed by atoms with Crippen molar-refractivity contribution in [3.8, 4) is 0 Å². The Balaban J connectivity index is 2.18. The maximum Gasteiger partial charge on any atom is 0.223 e. The maximum atomic E-state index is 12.0. The second-order valence-electron chi connectivity index (χ2n) is 6.51. The van der Waals surface area contributed by atoms with Gasteiger partial charge in [-0.15, -0.1) is 0 Å². The van der Waals surface area contributed by atoms with E-state index in [1.54, 1.807) is 0 Å². The zero-order chi connectivity index (χ0) is 15.7. The molecule has 5 heteroatoms. The summed E-state index contributed by atoms with van der Waals surface area (Å²) in [6.07, 6.45) is 6.02. The summed E-state index contributed by atoms with van der Waals surface area (Å²) < 4.78 is 0. The minimum Gasteiger partial charge on any atom is -0.356 e. The van der Waals surface area contributed by atoms with E-state index in [2.05, 4.69) is 24.5 Å². The highest BCUT2D eigenvalue weighted by atomic mass is 16.2. The first-order chi connectivity index (χ1) is 10.0. The molecule has 0 aromatic rings. The van der Waals surface area contributed by atoms with Crippen molar-refractivity contribution in [1.82, 2.24) is 10.6 Å². The van der Waals surface area contributed by atoms with Crippen LogP contribution in [-0.4, -0.2) is 30.9 Å². The molecule has 1 rings (SSSR count). The molecule has 1 aliphatic rings. The van der Waals surface area contributed by atoms with E-state index >= 15 is 0 Å². The largest absolute Gasteiger partial charge is 0.356 e. The number of amides is 2. The van der Waals surface area contributed by atoms with Crippen molar-refractivity contribution in [2.75, 3.05) is 13.1 Å². The van der Waals surface area contributed by atoms with Crippen LogP contribution in [0.1, 0.15) is 58.8 Å². The van der Waals surface area contributed by atoms with Gasteiger partial charge in [-0.25, -0.2) is 0 Å². The Morgan fingerprint density at radius 3 is 2.62 bits per heavy atom. The van der Waals surface area contributed by atoms with Gasteiger partial charge in [-0.2, -0.15) is 0 Å². The van der Waals surface area contributed by atoms with E-state index < -0.39 is 0 Å². The summed E-state index contributed by atoms with van der Waals surface area (Å²) in [5, 5.41) is 6.04. The third kappa shape index (κ3) is 7.46. The molecule has 0 heterocycles. The first-order valence-corrected chi connectivity index (χ1v) is 8.30. The molecule has 0 saturated heterocycles. The van der Waals surface area contributed by atoms with Gasteiger partial charge in [0, 0.05) is 24.9 Å². The zero-order valence-corrected chi connectivity index (χ0v) is 13.5. The summed E-state index contributed by atoms with van der Waals surface area (Å²) in [5.41, 5.74) is 5.43. The van der Waals surface area contributed by atoms with Gasteiger partial charge in [0.2, 0.25) is 11.8 Å². The summed E-state index contributed by atoms with van der Waals surface area (Å²) in [6, 6.07) is 0.168. The molecule has 2 amide bonds. The van der Waals surface area contributed by atoms with Gasteiger partial charge >= 0.3 is 0 Å². The van der Waals surface area contributed by atoms with Crippen molar-refractivity contribution in [1.29, 1.82) is 0 Å². The van der Waals surface area contributed by atoms with Gasteiger partial charge in [0.1, 0.15) is 0 Å². The van der Waals surface area contributed by atoms with Crippen molar-refractivity contribution < 1.29 is 9.59 Å². The molecule has 0 spiro atoms. The van der Waals surface area contributed by atoms with Gasteiger partial charge < -0.3 is 16.4 Å². The Bertz CT molecular complexity index is 331. The Kier molecular flexibility index (Phi) is 8.35. The van der Waals surface area contributed by atoms with E-state index in [9.17, 15) is 9.59 Å². The molecule has 0 aliphatic heterocycles. The highest BCUT2D eigenvalue weighted by molar-refractivity contribution is 5.79. The van der Waals surface area contributed by atoms with Crippen LogP contribution in [0.2, 0.25) is 0 Å². The van der Waals surface area contributed by atoms with E-state index in [1.165, 1.54) is 0 Å². The minimum atomic E-state index is 0.0614. The zero-order valence-electron chi connectivity index (χ0n) is 13.5. The predicted molar refractivity (Wildman–Crippen MR) is 84.6 cm³/mol. The standard InChI is InChI=1S/C16H31N3O2/c1-12(2)11-18-16(21)13-7-8-14(10-13)19-15(20)6-4-3-5-9-17/h12-14H,3-11,17H2,1-2H3,(H,18,21)(H,19,20)/t13-,14-/m1/s1. The SMILES string of the molecule is CC(C)CNC(=O)[C@@H]1CC[C@@H](NC(=O)CCCCCN)C1. The van der Waals surface area contributed by atoms with Crippen LogP contribution >= 0.6 is 0 Å². The molecule has 0 aromatic carbocycles. The number of unbranched alkanes of at least 4 members (excludes halogenated alkanes) is 2. The van der Waals surface area contributed by atoms with Gasteiger partial charge in [0.15, 0.2) is 0 Å². The number of carbonyl (C=O) groups is 2. The molecule has 4 N–H and O–H groups in total. The molecule has 122 valence electrons. The van der Waals surface area contributed by atoms with E-state index in [0.717, 1.165) is 45.1 Å². The van der Waals surface area contributed by atoms with Gasteiger partial charge in [0.25, 0.3) is 0 Å². The summed E-state index contributed by atoms with van der Waals surface area (Å²) in [5.74, 6) is 0.786. The Labute approximate surface area is 128 Å². The first-order valence-electron chi connectivity index (χ1n) is 8.30. The second kappa shape index (κ2) is 9.77. The van der Waals surface area contributed by atoms with Crippen LogP contribution < -0.4 is 16.4 Å². The lowest BCUT2D eigenvalue weighted by atomic mass is 10.1. The van der Waals surface area contributed by atoms with Crippen LogP contribution in [0.3, 0.4) is 0 Å². The molecule has 2 atom stereocenters. The maximum absolute atomic E-state index is 12.0. The first kappa shape index (κ1) is 18.0. The Hall–Kier alpha value is -1.10. The van der Waals surface area contributed by atoms with Crippen LogP contribution in [0.5, 0.6) is 0 Å². The number of rotatable bonds is 9. The monoisotopic (exact) mass is 297 g/mol. The third-order valence-electron chi connectivity index (χ3n) is 3.96. The fourth-order valence-electron chi connectivity index (χ4n) is 2.71. The van der Waals surface area contributed by atoms with Crippen LogP contribution in [0.15, 0.2) is 0 Å². The van der Waals surface area contributed by atoms with Crippen molar-refractivity contribution in [2.45, 2.75) is 64.8 Å². The lowest BCUT2D eigenvalue weighted by Gasteiger charge is -2.14. The quantitative estimate of drug-likeness (QED) is 0.565. The fourth-order valence-corrected chi connectivity index (χ4v) is 2.71. The molecular weight excluding hydrogens is 266 g/mol. The molecule has 21 heavy (non-hydrogen) atoms. The van der Waals surface area contributed by atoms with Gasteiger partial charge in [0.05, 0.1) is 0 Å². The summed E-state index contributed by atoms with van der Waals surface area (Å²) in [6.45, 7) is 5.59. The molecule has 1 saturated carbocycles. The number of hydrogen-bond acceptors (Lipinski definition) is 3. The second-order valence-corrected chi connectivity index (χ2v) is 6.51. The Morgan fingerprint density at radius 1 is 1.19 bits per heavy atom.